The van der Waals surface area contributed by atoms with Crippen LogP contribution >= 0.6 is 0 Å². The van der Waals surface area contributed by atoms with Crippen LogP contribution in [0, 0.1) is 29.6 Å². The van der Waals surface area contributed by atoms with E-state index in [2.05, 4.69) is 5.16 Å². The number of urea groups is 1. The Morgan fingerprint density at radius 1 is 1.06 bits per heavy atom. The van der Waals surface area contributed by atoms with E-state index >= 15 is 0 Å². The molecule has 2 aromatic rings. The number of hydrogen-bond donors (Lipinski definition) is 1. The first-order valence-electron chi connectivity index (χ1n) is 11.3. The second-order valence-electron chi connectivity index (χ2n) is 9.18. The van der Waals surface area contributed by atoms with Crippen molar-refractivity contribution in [2.24, 2.45) is 40.5 Å². The molecule has 0 spiro atoms. The lowest BCUT2D eigenvalue weighted by Gasteiger charge is -2.29. The predicted octanol–water partition coefficient (Wildman–Crippen LogP) is 2.32. The van der Waals surface area contributed by atoms with Crippen molar-refractivity contribution in [1.29, 1.82) is 0 Å². The fraction of sp³-hybridized carbons (Fsp3) is 0.360. The molecule has 9 nitrogen and oxygen atoms in total. The number of amides is 4. The highest BCUT2D eigenvalue weighted by molar-refractivity contribution is 6.17. The van der Waals surface area contributed by atoms with Crippen LogP contribution in [0.2, 0.25) is 0 Å². The van der Waals surface area contributed by atoms with E-state index < -0.39 is 29.7 Å². The summed E-state index contributed by atoms with van der Waals surface area (Å²) in [5.41, 5.74) is 7.88. The van der Waals surface area contributed by atoms with Gasteiger partial charge in [-0.05, 0) is 36.1 Å². The van der Waals surface area contributed by atoms with Gasteiger partial charge in [0.1, 0.15) is 12.7 Å². The summed E-state index contributed by atoms with van der Waals surface area (Å²) in [6, 6.07) is 14.4. The van der Waals surface area contributed by atoms with Crippen molar-refractivity contribution in [2.45, 2.75) is 19.1 Å². The Balaban J connectivity index is 1.25. The highest BCUT2D eigenvalue weighted by atomic mass is 16.6. The maximum atomic E-state index is 12.9. The first-order valence-corrected chi connectivity index (χ1v) is 11.3. The van der Waals surface area contributed by atoms with Crippen LogP contribution in [-0.2, 0) is 21.0 Å². The molecule has 3 fully saturated rings. The number of imide groups is 3. The third-order valence-corrected chi connectivity index (χ3v) is 7.61. The Labute approximate surface area is 195 Å². The van der Waals surface area contributed by atoms with Gasteiger partial charge in [0.15, 0.2) is 11.5 Å². The molecule has 2 aliphatic carbocycles. The maximum Gasteiger partial charge on any atom is 0.328 e. The fourth-order valence-corrected chi connectivity index (χ4v) is 6.26. The van der Waals surface area contributed by atoms with E-state index in [4.69, 9.17) is 20.0 Å². The number of likely N-dealkylation sites (tertiary alicyclic amines) is 1. The number of carbonyl (C=O) groups is 3. The van der Waals surface area contributed by atoms with Crippen molar-refractivity contribution in [3.05, 3.63) is 59.7 Å². The van der Waals surface area contributed by atoms with Crippen LogP contribution in [0.25, 0.3) is 0 Å². The lowest BCUT2D eigenvalue weighted by Crippen LogP contribution is -2.42. The van der Waals surface area contributed by atoms with E-state index in [0.29, 0.717) is 29.4 Å². The van der Waals surface area contributed by atoms with E-state index in [1.165, 1.54) is 0 Å². The topological polar surface area (TPSA) is 121 Å². The number of ether oxygens (including phenoxy) is 2. The van der Waals surface area contributed by atoms with E-state index in [1.807, 2.05) is 48.5 Å². The van der Waals surface area contributed by atoms with Crippen LogP contribution in [-0.4, -0.2) is 41.7 Å². The molecule has 6 atom stereocenters. The fourth-order valence-electron chi connectivity index (χ4n) is 6.26. The number of primary amides is 1. The van der Waals surface area contributed by atoms with Gasteiger partial charge in [0, 0.05) is 17.4 Å². The number of nitrogens with two attached hydrogens (primary N) is 1. The third kappa shape index (κ3) is 2.85. The highest BCUT2D eigenvalue weighted by Gasteiger charge is 2.71. The van der Waals surface area contributed by atoms with Crippen molar-refractivity contribution in [3.8, 4) is 11.5 Å². The van der Waals surface area contributed by atoms with Gasteiger partial charge < -0.3 is 20.0 Å². The van der Waals surface area contributed by atoms with Gasteiger partial charge in [-0.15, -0.1) is 0 Å². The third-order valence-electron chi connectivity index (χ3n) is 7.61. The normalized spacial score (nSPS) is 30.6. The van der Waals surface area contributed by atoms with Gasteiger partial charge in [0.2, 0.25) is 11.8 Å². The molecule has 2 saturated carbocycles. The molecule has 174 valence electrons. The molecular formula is C25H23N3O6. The summed E-state index contributed by atoms with van der Waals surface area (Å²) in [6.07, 6.45) is 0.384. The number of methoxy groups -OCH3 is 1. The van der Waals surface area contributed by atoms with Gasteiger partial charge in [-0.1, -0.05) is 35.5 Å². The zero-order valence-corrected chi connectivity index (χ0v) is 18.4. The first-order chi connectivity index (χ1) is 16.5. The Morgan fingerprint density at radius 3 is 2.50 bits per heavy atom. The summed E-state index contributed by atoms with van der Waals surface area (Å²) < 4.78 is 11.5. The van der Waals surface area contributed by atoms with E-state index in [1.54, 1.807) is 7.11 Å². The highest BCUT2D eigenvalue weighted by Crippen LogP contribution is 2.61. The van der Waals surface area contributed by atoms with Crippen LogP contribution in [0.3, 0.4) is 0 Å². The number of oxime groups is 1. The molecular weight excluding hydrogens is 438 g/mol. The Kier molecular flexibility index (Phi) is 4.62. The molecule has 34 heavy (non-hydrogen) atoms. The van der Waals surface area contributed by atoms with Gasteiger partial charge in [-0.3, -0.25) is 9.59 Å². The molecule has 4 amide bonds. The molecule has 6 rings (SSSR count). The van der Waals surface area contributed by atoms with Gasteiger partial charge in [-0.25, -0.2) is 4.79 Å². The standard InChI is InChI=1S/C25H23N3O6/c1-32-17-9-13(7-8-16(17)33-11-12-5-3-2-4-6-12)21-20-14-10-15(22(20)34-27-21)19-18(14)23(29)28(24(19)30)25(26)31/h2-9,14-15,18-20,22H,10-11H2,1H3,(H2,26,31)/t14-,15+,18-,19+,20-,22-/m1/s1. The SMILES string of the molecule is COc1cc(C2=NO[C@@H]3[C@H]4C[C@H]([C@H]5C(=O)N(C(N)=O)C(=O)[C@@H]45)[C@H]23)ccc1OCc1ccccc1. The number of nitrogens with zero attached hydrogens (tertiary/aromatic N) is 2. The molecule has 1 saturated heterocycles. The minimum Gasteiger partial charge on any atom is -0.493 e. The molecule has 9 heteroatoms. The summed E-state index contributed by atoms with van der Waals surface area (Å²) in [5.74, 6) is -1.41. The second kappa shape index (κ2) is 7.58. The van der Waals surface area contributed by atoms with Crippen molar-refractivity contribution in [3.63, 3.8) is 0 Å². The summed E-state index contributed by atoms with van der Waals surface area (Å²) in [6.45, 7) is 0.407. The molecule has 0 radical (unpaired) electrons. The van der Waals surface area contributed by atoms with Crippen molar-refractivity contribution >= 4 is 23.6 Å². The van der Waals surface area contributed by atoms with Crippen LogP contribution < -0.4 is 15.2 Å². The maximum absolute atomic E-state index is 12.9. The number of rotatable bonds is 5. The molecule has 2 heterocycles. The zero-order chi connectivity index (χ0) is 23.6. The van der Waals surface area contributed by atoms with Crippen LogP contribution in [0.5, 0.6) is 11.5 Å². The zero-order valence-electron chi connectivity index (χ0n) is 18.4. The van der Waals surface area contributed by atoms with Gasteiger partial charge in [0.05, 0.1) is 24.7 Å². The summed E-state index contributed by atoms with van der Waals surface area (Å²) in [7, 11) is 1.58. The Bertz CT molecular complexity index is 1230. The average Bonchev–Trinajstić information content (AvgIpc) is 3.58. The molecule has 2 N–H and O–H groups in total. The number of carbonyl (C=O) groups excluding carboxylic acids is 3. The number of fused-ring (bicyclic) bond motifs is 8. The largest absolute Gasteiger partial charge is 0.493 e. The van der Waals surface area contributed by atoms with Crippen LogP contribution in [0.1, 0.15) is 17.5 Å². The summed E-state index contributed by atoms with van der Waals surface area (Å²) >= 11 is 0. The van der Waals surface area contributed by atoms with Crippen molar-refractivity contribution < 1.29 is 28.7 Å². The number of hydrogen-bond acceptors (Lipinski definition) is 7. The first kappa shape index (κ1) is 20.7. The van der Waals surface area contributed by atoms with Gasteiger partial charge in [-0.2, -0.15) is 4.90 Å². The lowest BCUT2D eigenvalue weighted by atomic mass is 9.71. The quantitative estimate of drug-likeness (QED) is 0.683. The van der Waals surface area contributed by atoms with E-state index in [-0.39, 0.29) is 23.9 Å². The second-order valence-corrected chi connectivity index (χ2v) is 9.18. The summed E-state index contributed by atoms with van der Waals surface area (Å²) in [5, 5.41) is 4.35. The molecule has 2 aromatic carbocycles. The molecule has 0 aromatic heterocycles. The Morgan fingerprint density at radius 2 is 1.79 bits per heavy atom. The number of benzene rings is 2. The smallest absolute Gasteiger partial charge is 0.328 e. The van der Waals surface area contributed by atoms with Crippen LogP contribution in [0.15, 0.2) is 53.7 Å². The van der Waals surface area contributed by atoms with Gasteiger partial charge >= 0.3 is 6.03 Å². The Hall–Kier alpha value is -3.88. The summed E-state index contributed by atoms with van der Waals surface area (Å²) in [4.78, 5) is 43.7. The van der Waals surface area contributed by atoms with Crippen LogP contribution in [0.4, 0.5) is 4.79 Å². The lowest BCUT2D eigenvalue weighted by molar-refractivity contribution is -0.137. The van der Waals surface area contributed by atoms with E-state index in [9.17, 15) is 14.4 Å². The molecule has 2 aliphatic heterocycles. The molecule has 2 bridgehead atoms. The molecule has 4 aliphatic rings. The van der Waals surface area contributed by atoms with Crippen molar-refractivity contribution in [1.82, 2.24) is 4.90 Å². The minimum absolute atomic E-state index is 0.137. The van der Waals surface area contributed by atoms with E-state index in [0.717, 1.165) is 16.8 Å². The van der Waals surface area contributed by atoms with Gasteiger partial charge in [0.25, 0.3) is 0 Å². The van der Waals surface area contributed by atoms with Crippen molar-refractivity contribution in [2.75, 3.05) is 7.11 Å². The average molecular weight is 461 g/mol. The minimum atomic E-state index is -1.01. The predicted molar refractivity (Wildman–Crippen MR) is 119 cm³/mol. The molecule has 0 unspecified atom stereocenters. The monoisotopic (exact) mass is 461 g/mol.